The molecule has 0 fully saturated rings. The minimum Gasteiger partial charge on any atom is -0.508 e. The molecule has 1 N–H and O–H groups in total. The molecule has 0 spiro atoms. The zero-order valence-electron chi connectivity index (χ0n) is 13.4. The molecule has 0 amide bonds. The van der Waals surface area contributed by atoms with Gasteiger partial charge in [0.05, 0.1) is 7.11 Å². The third-order valence-electron chi connectivity index (χ3n) is 4.41. The number of fused-ring (bicyclic) bond motifs is 1. The van der Waals surface area contributed by atoms with Crippen molar-refractivity contribution in [2.75, 3.05) is 7.11 Å². The fourth-order valence-corrected chi connectivity index (χ4v) is 3.24. The average molecular weight is 304 g/mol. The molecule has 120 valence electrons. The van der Waals surface area contributed by atoms with E-state index in [-0.39, 0.29) is 23.4 Å². The Morgan fingerprint density at radius 3 is 2.86 bits per heavy atom. The fourth-order valence-electron chi connectivity index (χ4n) is 3.24. The number of phenols is 1. The van der Waals surface area contributed by atoms with E-state index in [0.29, 0.717) is 19.3 Å². The Balaban J connectivity index is 2.14. The van der Waals surface area contributed by atoms with E-state index < -0.39 is 0 Å². The molecule has 1 unspecified atom stereocenters. The number of carbonyl (C=O) groups excluding carboxylic acids is 2. The summed E-state index contributed by atoms with van der Waals surface area (Å²) in [6.45, 7) is 2.04. The third kappa shape index (κ3) is 3.49. The molecule has 0 saturated carbocycles. The molecule has 1 aromatic rings. The van der Waals surface area contributed by atoms with Gasteiger partial charge >= 0.3 is 5.97 Å². The van der Waals surface area contributed by atoms with Crippen molar-refractivity contribution in [3.63, 3.8) is 0 Å². The smallest absolute Gasteiger partial charge is 0.305 e. The van der Waals surface area contributed by atoms with Crippen LogP contribution in [0.3, 0.4) is 0 Å². The molecule has 1 atom stereocenters. The number of hydrogen-bond acceptors (Lipinski definition) is 4. The number of aromatic hydroxyl groups is 1. The maximum absolute atomic E-state index is 12.8. The summed E-state index contributed by atoms with van der Waals surface area (Å²) in [5.41, 5.74) is 2.58. The highest BCUT2D eigenvalue weighted by Crippen LogP contribution is 2.35. The summed E-state index contributed by atoms with van der Waals surface area (Å²) < 4.78 is 4.63. The topological polar surface area (TPSA) is 63.6 Å². The van der Waals surface area contributed by atoms with E-state index in [9.17, 15) is 14.7 Å². The standard InChI is InChI=1S/C18H24O4/c1-3-5-14-15(19)11-10-12-8-9-13(18(21)17(12)14)6-4-7-16(20)22-2/h10-11,13,19H,3-9H2,1-2H3. The molecule has 1 aliphatic rings. The molecule has 1 aromatic carbocycles. The van der Waals surface area contributed by atoms with Crippen molar-refractivity contribution >= 4 is 11.8 Å². The number of esters is 1. The van der Waals surface area contributed by atoms with Gasteiger partial charge in [-0.15, -0.1) is 0 Å². The summed E-state index contributed by atoms with van der Waals surface area (Å²) >= 11 is 0. The minimum absolute atomic E-state index is 0.0467. The van der Waals surface area contributed by atoms with E-state index in [1.54, 1.807) is 6.07 Å². The third-order valence-corrected chi connectivity index (χ3v) is 4.41. The second-order valence-corrected chi connectivity index (χ2v) is 5.92. The van der Waals surface area contributed by atoms with Crippen molar-refractivity contribution in [3.05, 3.63) is 28.8 Å². The second kappa shape index (κ2) is 7.43. The highest BCUT2D eigenvalue weighted by Gasteiger charge is 2.30. The van der Waals surface area contributed by atoms with Crippen LogP contribution in [-0.4, -0.2) is 24.0 Å². The van der Waals surface area contributed by atoms with Gasteiger partial charge in [-0.25, -0.2) is 0 Å². The van der Waals surface area contributed by atoms with Crippen molar-refractivity contribution in [1.29, 1.82) is 0 Å². The molecule has 4 nitrogen and oxygen atoms in total. The Morgan fingerprint density at radius 1 is 1.41 bits per heavy atom. The van der Waals surface area contributed by atoms with Crippen LogP contribution in [0.4, 0.5) is 0 Å². The normalized spacial score (nSPS) is 17.2. The zero-order chi connectivity index (χ0) is 16.1. The van der Waals surface area contributed by atoms with E-state index in [0.717, 1.165) is 42.4 Å². The predicted molar refractivity (Wildman–Crippen MR) is 84.1 cm³/mol. The van der Waals surface area contributed by atoms with E-state index in [1.165, 1.54) is 7.11 Å². The lowest BCUT2D eigenvalue weighted by Gasteiger charge is -2.26. The number of Topliss-reactive ketones (excluding diaryl/α,β-unsaturated/α-hetero) is 1. The number of ketones is 1. The molecule has 0 radical (unpaired) electrons. The lowest BCUT2D eigenvalue weighted by molar-refractivity contribution is -0.140. The molecule has 2 rings (SSSR count). The quantitative estimate of drug-likeness (QED) is 0.818. The molecule has 22 heavy (non-hydrogen) atoms. The van der Waals surface area contributed by atoms with Gasteiger partial charge in [0, 0.05) is 23.5 Å². The first-order valence-electron chi connectivity index (χ1n) is 8.03. The van der Waals surface area contributed by atoms with Crippen LogP contribution in [0.15, 0.2) is 12.1 Å². The lowest BCUT2D eigenvalue weighted by Crippen LogP contribution is -2.24. The van der Waals surface area contributed by atoms with E-state index in [2.05, 4.69) is 4.74 Å². The zero-order valence-corrected chi connectivity index (χ0v) is 13.4. The monoisotopic (exact) mass is 304 g/mol. The van der Waals surface area contributed by atoms with Gasteiger partial charge in [-0.2, -0.15) is 0 Å². The number of aryl methyl sites for hydroxylation is 1. The SMILES string of the molecule is CCCc1c(O)ccc2c1C(=O)C(CCCC(=O)OC)CC2. The fraction of sp³-hybridized carbons (Fsp3) is 0.556. The van der Waals surface area contributed by atoms with Gasteiger partial charge in [-0.1, -0.05) is 19.4 Å². The summed E-state index contributed by atoms with van der Waals surface area (Å²) in [6, 6.07) is 3.57. The van der Waals surface area contributed by atoms with Gasteiger partial charge in [0.1, 0.15) is 5.75 Å². The van der Waals surface area contributed by atoms with Crippen LogP contribution in [0, 0.1) is 5.92 Å². The van der Waals surface area contributed by atoms with Crippen LogP contribution in [0.5, 0.6) is 5.75 Å². The number of rotatable bonds is 6. The summed E-state index contributed by atoms with van der Waals surface area (Å²) in [7, 11) is 1.38. The average Bonchev–Trinajstić information content (AvgIpc) is 2.52. The molecule has 0 aromatic heterocycles. The van der Waals surface area contributed by atoms with Gasteiger partial charge in [0.25, 0.3) is 0 Å². The Labute approximate surface area is 131 Å². The first-order valence-corrected chi connectivity index (χ1v) is 8.03. The van der Waals surface area contributed by atoms with E-state index in [1.807, 2.05) is 13.0 Å². The number of benzene rings is 1. The van der Waals surface area contributed by atoms with Crippen LogP contribution >= 0.6 is 0 Å². The van der Waals surface area contributed by atoms with Crippen molar-refractivity contribution in [3.8, 4) is 5.75 Å². The molecular weight excluding hydrogens is 280 g/mol. The molecule has 0 heterocycles. The van der Waals surface area contributed by atoms with Gasteiger partial charge in [-0.05, 0) is 43.7 Å². The van der Waals surface area contributed by atoms with Crippen LogP contribution in [0.2, 0.25) is 0 Å². The maximum atomic E-state index is 12.8. The van der Waals surface area contributed by atoms with Gasteiger partial charge in [-0.3, -0.25) is 9.59 Å². The molecule has 0 saturated heterocycles. The van der Waals surface area contributed by atoms with E-state index in [4.69, 9.17) is 0 Å². The van der Waals surface area contributed by atoms with Crippen LogP contribution in [-0.2, 0) is 22.4 Å². The van der Waals surface area contributed by atoms with Crippen molar-refractivity contribution in [1.82, 2.24) is 0 Å². The summed E-state index contributed by atoms with van der Waals surface area (Å²) in [4.78, 5) is 24.0. The molecular formula is C18H24O4. The number of hydrogen-bond donors (Lipinski definition) is 1. The van der Waals surface area contributed by atoms with Crippen molar-refractivity contribution in [2.45, 2.75) is 51.9 Å². The van der Waals surface area contributed by atoms with Gasteiger partial charge < -0.3 is 9.84 Å². The maximum Gasteiger partial charge on any atom is 0.305 e. The highest BCUT2D eigenvalue weighted by atomic mass is 16.5. The highest BCUT2D eigenvalue weighted by molar-refractivity contribution is 6.02. The number of carbonyl (C=O) groups is 2. The van der Waals surface area contributed by atoms with Gasteiger partial charge in [0.2, 0.25) is 0 Å². The van der Waals surface area contributed by atoms with Crippen LogP contribution in [0.25, 0.3) is 0 Å². The Bertz CT molecular complexity index is 562. The first kappa shape index (κ1) is 16.5. The number of methoxy groups -OCH3 is 1. The van der Waals surface area contributed by atoms with Crippen LogP contribution in [0.1, 0.15) is 60.5 Å². The second-order valence-electron chi connectivity index (χ2n) is 5.92. The Kier molecular flexibility index (Phi) is 5.58. The van der Waals surface area contributed by atoms with Crippen molar-refractivity contribution in [2.24, 2.45) is 5.92 Å². The predicted octanol–water partition coefficient (Wildman–Crippen LogP) is 3.43. The van der Waals surface area contributed by atoms with E-state index >= 15 is 0 Å². The molecule has 0 bridgehead atoms. The summed E-state index contributed by atoms with van der Waals surface area (Å²) in [6.07, 6.45) is 5.02. The Hall–Kier alpha value is -1.84. The minimum atomic E-state index is -0.229. The van der Waals surface area contributed by atoms with Gasteiger partial charge in [0.15, 0.2) is 5.78 Å². The molecule has 0 aliphatic heterocycles. The lowest BCUT2D eigenvalue weighted by atomic mass is 9.77. The summed E-state index contributed by atoms with van der Waals surface area (Å²) in [5.74, 6) is 0.0807. The number of ether oxygens (including phenoxy) is 1. The van der Waals surface area contributed by atoms with Crippen LogP contribution < -0.4 is 0 Å². The molecule has 1 aliphatic carbocycles. The summed E-state index contributed by atoms with van der Waals surface area (Å²) in [5, 5.41) is 10.1. The molecule has 4 heteroatoms. The first-order chi connectivity index (χ1) is 10.6. The number of phenolic OH excluding ortho intramolecular Hbond substituents is 1. The Morgan fingerprint density at radius 2 is 2.18 bits per heavy atom. The largest absolute Gasteiger partial charge is 0.508 e. The van der Waals surface area contributed by atoms with Crippen molar-refractivity contribution < 1.29 is 19.4 Å².